The summed E-state index contributed by atoms with van der Waals surface area (Å²) in [6, 6.07) is 0. The molecule has 0 spiro atoms. The number of allylic oxidation sites excluding steroid dienone is 8. The zero-order valence-electron chi connectivity index (χ0n) is 33.5. The average molecular weight is 754 g/mol. The monoisotopic (exact) mass is 754 g/mol. The Morgan fingerprint density at radius 2 is 1.08 bits per heavy atom. The molecule has 0 saturated carbocycles. The summed E-state index contributed by atoms with van der Waals surface area (Å²) in [6.45, 7) is 4.76. The van der Waals surface area contributed by atoms with Gasteiger partial charge in [0.15, 0.2) is 0 Å². The van der Waals surface area contributed by atoms with Crippen LogP contribution in [0.25, 0.3) is 0 Å². The second-order valence-corrected chi connectivity index (χ2v) is 15.3. The summed E-state index contributed by atoms with van der Waals surface area (Å²) in [5.74, 6) is -0.369. The molecule has 0 aromatic heterocycles. The summed E-state index contributed by atoms with van der Waals surface area (Å²) in [4.78, 5) is 22.4. The lowest BCUT2D eigenvalue weighted by Gasteiger charge is -2.20. The number of carbonyl (C=O) groups excluding carboxylic acids is 1. The number of carbonyl (C=O) groups is 1. The number of rotatable bonds is 40. The topological polar surface area (TPSA) is 117 Å². The predicted octanol–water partition coefficient (Wildman–Crippen LogP) is 12.4. The van der Waals surface area contributed by atoms with Crippen LogP contribution in [0.5, 0.6) is 0 Å². The molecule has 0 heterocycles. The highest BCUT2D eigenvalue weighted by Crippen LogP contribution is 2.43. The van der Waals surface area contributed by atoms with Crippen molar-refractivity contribution in [3.8, 4) is 0 Å². The molecule has 0 aromatic rings. The van der Waals surface area contributed by atoms with E-state index in [0.29, 0.717) is 13.0 Å². The molecule has 8 nitrogen and oxygen atoms in total. The molecule has 0 aliphatic rings. The third-order valence-corrected chi connectivity index (χ3v) is 9.74. The number of phosphoric ester groups is 1. The van der Waals surface area contributed by atoms with E-state index in [0.717, 1.165) is 51.4 Å². The fourth-order valence-electron chi connectivity index (χ4n) is 5.69. The van der Waals surface area contributed by atoms with Gasteiger partial charge in [-0.05, 0) is 51.4 Å². The molecule has 0 rings (SSSR count). The lowest BCUT2D eigenvalue weighted by Crippen LogP contribution is -2.28. The third-order valence-electron chi connectivity index (χ3n) is 8.76. The predicted molar refractivity (Wildman–Crippen MR) is 219 cm³/mol. The third kappa shape index (κ3) is 39.7. The van der Waals surface area contributed by atoms with Gasteiger partial charge < -0.3 is 20.1 Å². The van der Waals surface area contributed by atoms with E-state index in [-0.39, 0.29) is 38.8 Å². The van der Waals surface area contributed by atoms with Crippen molar-refractivity contribution in [1.82, 2.24) is 0 Å². The van der Waals surface area contributed by atoms with Crippen molar-refractivity contribution < 1.29 is 32.8 Å². The maximum Gasteiger partial charge on any atom is 0.472 e. The van der Waals surface area contributed by atoms with Gasteiger partial charge in [-0.1, -0.05) is 172 Å². The first-order valence-electron chi connectivity index (χ1n) is 21.1. The van der Waals surface area contributed by atoms with Gasteiger partial charge >= 0.3 is 13.8 Å². The van der Waals surface area contributed by atoms with E-state index >= 15 is 0 Å². The molecule has 9 heteroatoms. The first-order valence-corrected chi connectivity index (χ1v) is 22.6. The van der Waals surface area contributed by atoms with Crippen LogP contribution in [0.2, 0.25) is 0 Å². The van der Waals surface area contributed by atoms with Gasteiger partial charge in [0.2, 0.25) is 0 Å². The highest BCUT2D eigenvalue weighted by atomic mass is 31.2. The van der Waals surface area contributed by atoms with Crippen LogP contribution in [0.1, 0.15) is 181 Å². The number of ether oxygens (including phenoxy) is 2. The fraction of sp³-hybridized carbons (Fsp3) is 0.791. The SMILES string of the molecule is CC/C=C\C/C=C\C/C=C\C/C=C\CCCCC(=O)O[C@H](COCCCCCCCCCCCCCCCCCCCC)COP(=O)(O)OCCN. The Morgan fingerprint density at radius 1 is 0.596 bits per heavy atom. The maximum atomic E-state index is 12.5. The second-order valence-electron chi connectivity index (χ2n) is 13.8. The van der Waals surface area contributed by atoms with Gasteiger partial charge in [-0.15, -0.1) is 0 Å². The Hall–Kier alpha value is -1.54. The molecule has 0 saturated heterocycles. The van der Waals surface area contributed by atoms with Crippen LogP contribution in [-0.2, 0) is 27.9 Å². The van der Waals surface area contributed by atoms with E-state index in [4.69, 9.17) is 24.3 Å². The molecule has 0 aliphatic heterocycles. The average Bonchev–Trinajstić information content (AvgIpc) is 3.13. The molecule has 0 amide bonds. The summed E-state index contributed by atoms with van der Waals surface area (Å²) < 4.78 is 33.4. The zero-order chi connectivity index (χ0) is 38.1. The van der Waals surface area contributed by atoms with Gasteiger partial charge in [-0.3, -0.25) is 13.8 Å². The standard InChI is InChI=1S/C43H80NO7P/c1-3-5-7-9-11-13-15-17-19-20-21-23-25-27-29-31-33-35-38-48-40-42(41-50-52(46,47)49-39-37-44)51-43(45)36-34-32-30-28-26-24-22-18-16-14-12-10-8-6-4-2/h6,8,12,14,18,22,26,28,42H,3-5,7,9-11,13,15-17,19-21,23-25,27,29-41,44H2,1-2H3,(H,46,47)/b8-6-,14-12-,22-18-,28-26-/t42-/m1/s1. The van der Waals surface area contributed by atoms with Crippen LogP contribution in [0.4, 0.5) is 0 Å². The normalized spacial score (nSPS) is 14.0. The summed E-state index contributed by atoms with van der Waals surface area (Å²) >= 11 is 0. The number of nitrogens with two attached hydrogens (primary N) is 1. The first-order chi connectivity index (χ1) is 25.4. The molecular weight excluding hydrogens is 673 g/mol. The van der Waals surface area contributed by atoms with Gasteiger partial charge in [-0.25, -0.2) is 4.57 Å². The van der Waals surface area contributed by atoms with Crippen molar-refractivity contribution in [2.24, 2.45) is 5.73 Å². The highest BCUT2D eigenvalue weighted by molar-refractivity contribution is 7.47. The minimum atomic E-state index is -4.29. The molecular formula is C43H80NO7P. The van der Waals surface area contributed by atoms with E-state index in [1.54, 1.807) is 0 Å². The minimum Gasteiger partial charge on any atom is -0.457 e. The van der Waals surface area contributed by atoms with Crippen LogP contribution in [0, 0.1) is 0 Å². The molecule has 0 radical (unpaired) electrons. The Labute approximate surface area is 320 Å². The van der Waals surface area contributed by atoms with Gasteiger partial charge in [0.25, 0.3) is 0 Å². The van der Waals surface area contributed by atoms with E-state index in [9.17, 15) is 14.3 Å². The number of unbranched alkanes of at least 4 members (excludes halogenated alkanes) is 19. The molecule has 304 valence electrons. The number of esters is 1. The first kappa shape index (κ1) is 50.5. The quantitative estimate of drug-likeness (QED) is 0.0275. The van der Waals surface area contributed by atoms with Gasteiger partial charge in [0.1, 0.15) is 6.10 Å². The van der Waals surface area contributed by atoms with Crippen molar-refractivity contribution in [3.05, 3.63) is 48.6 Å². The van der Waals surface area contributed by atoms with Crippen molar-refractivity contribution >= 4 is 13.8 Å². The Balaban J connectivity index is 4.08. The minimum absolute atomic E-state index is 0.0930. The maximum absolute atomic E-state index is 12.5. The molecule has 3 N–H and O–H groups in total. The summed E-state index contributed by atoms with van der Waals surface area (Å²) in [5, 5.41) is 0. The van der Waals surface area contributed by atoms with E-state index < -0.39 is 13.9 Å². The smallest absolute Gasteiger partial charge is 0.457 e. The van der Waals surface area contributed by atoms with E-state index in [1.807, 2.05) is 0 Å². The van der Waals surface area contributed by atoms with Crippen LogP contribution in [-0.4, -0.2) is 49.9 Å². The molecule has 0 fully saturated rings. The molecule has 0 aliphatic carbocycles. The Bertz CT molecular complexity index is 936. The van der Waals surface area contributed by atoms with E-state index in [2.05, 4.69) is 62.5 Å². The van der Waals surface area contributed by atoms with Crippen LogP contribution < -0.4 is 5.73 Å². The number of hydrogen-bond donors (Lipinski definition) is 2. The van der Waals surface area contributed by atoms with Gasteiger partial charge in [0.05, 0.1) is 19.8 Å². The lowest BCUT2D eigenvalue weighted by molar-refractivity contribution is -0.154. The summed E-state index contributed by atoms with van der Waals surface area (Å²) in [6.07, 6.45) is 47.1. The highest BCUT2D eigenvalue weighted by Gasteiger charge is 2.25. The van der Waals surface area contributed by atoms with Crippen LogP contribution in [0.3, 0.4) is 0 Å². The largest absolute Gasteiger partial charge is 0.472 e. The fourth-order valence-corrected chi connectivity index (χ4v) is 6.46. The molecule has 0 bridgehead atoms. The second kappa shape index (κ2) is 40.6. The molecule has 2 atom stereocenters. The van der Waals surface area contributed by atoms with Gasteiger partial charge in [-0.2, -0.15) is 0 Å². The Kier molecular flexibility index (Phi) is 39.4. The number of hydrogen-bond acceptors (Lipinski definition) is 7. The molecule has 1 unspecified atom stereocenters. The molecule has 0 aromatic carbocycles. The van der Waals surface area contributed by atoms with Crippen molar-refractivity contribution in [1.29, 1.82) is 0 Å². The van der Waals surface area contributed by atoms with Crippen molar-refractivity contribution in [3.63, 3.8) is 0 Å². The van der Waals surface area contributed by atoms with Gasteiger partial charge in [0, 0.05) is 19.6 Å². The van der Waals surface area contributed by atoms with Crippen molar-refractivity contribution in [2.45, 2.75) is 187 Å². The lowest BCUT2D eigenvalue weighted by atomic mass is 10.0. The zero-order valence-corrected chi connectivity index (χ0v) is 34.4. The summed E-state index contributed by atoms with van der Waals surface area (Å²) in [7, 11) is -4.29. The van der Waals surface area contributed by atoms with E-state index in [1.165, 1.54) is 103 Å². The number of phosphoric acid groups is 1. The van der Waals surface area contributed by atoms with Crippen molar-refractivity contribution in [2.75, 3.05) is 33.0 Å². The summed E-state index contributed by atoms with van der Waals surface area (Å²) in [5.41, 5.74) is 5.36. The molecule has 52 heavy (non-hydrogen) atoms. The van der Waals surface area contributed by atoms with Crippen LogP contribution >= 0.6 is 7.82 Å². The van der Waals surface area contributed by atoms with Crippen LogP contribution in [0.15, 0.2) is 48.6 Å². The Morgan fingerprint density at radius 3 is 1.58 bits per heavy atom.